The Kier molecular flexibility index (Phi) is 3.72. The Balaban J connectivity index is 1.44. The molecule has 0 N–H and O–H groups in total. The van der Waals surface area contributed by atoms with E-state index >= 15 is 0 Å². The second-order valence-corrected chi connectivity index (χ2v) is 6.77. The molecule has 1 saturated carbocycles. The highest BCUT2D eigenvalue weighted by molar-refractivity contribution is 7.08. The fourth-order valence-corrected chi connectivity index (χ4v) is 3.54. The van der Waals surface area contributed by atoms with E-state index in [1.165, 1.54) is 12.8 Å². The molecular weight excluding hydrogens is 326 g/mol. The standard InChI is InChI=1S/C17H17N3O3S/c1-10-7-14(11(2)20(10)13-3-4-13)17(21)22-8-15-18-16(19-23-15)12-5-6-24-9-12/h5-7,9,13H,3-4,8H2,1-2H3. The zero-order chi connectivity index (χ0) is 16.7. The number of nitrogens with zero attached hydrogens (tertiary/aromatic N) is 3. The van der Waals surface area contributed by atoms with Gasteiger partial charge in [0.25, 0.3) is 5.89 Å². The predicted molar refractivity (Wildman–Crippen MR) is 88.9 cm³/mol. The van der Waals surface area contributed by atoms with Crippen molar-refractivity contribution in [1.29, 1.82) is 0 Å². The van der Waals surface area contributed by atoms with Gasteiger partial charge in [-0.2, -0.15) is 16.3 Å². The van der Waals surface area contributed by atoms with Crippen molar-refractivity contribution in [3.8, 4) is 11.4 Å². The Morgan fingerprint density at radius 3 is 3.00 bits per heavy atom. The van der Waals surface area contributed by atoms with Crippen molar-refractivity contribution >= 4 is 17.3 Å². The lowest BCUT2D eigenvalue weighted by atomic mass is 10.2. The Labute approximate surface area is 143 Å². The zero-order valence-electron chi connectivity index (χ0n) is 13.5. The normalized spacial score (nSPS) is 14.1. The van der Waals surface area contributed by atoms with E-state index in [1.807, 2.05) is 36.7 Å². The van der Waals surface area contributed by atoms with Crippen LogP contribution in [-0.4, -0.2) is 20.7 Å². The summed E-state index contributed by atoms with van der Waals surface area (Å²) in [6.07, 6.45) is 2.36. The van der Waals surface area contributed by atoms with Crippen LogP contribution in [0, 0.1) is 13.8 Å². The minimum atomic E-state index is -0.356. The molecule has 1 aliphatic rings. The van der Waals surface area contributed by atoms with Gasteiger partial charge in [0, 0.05) is 28.4 Å². The molecule has 3 aromatic rings. The maximum atomic E-state index is 12.4. The topological polar surface area (TPSA) is 70.2 Å². The lowest BCUT2D eigenvalue weighted by Crippen LogP contribution is -2.07. The van der Waals surface area contributed by atoms with Crippen molar-refractivity contribution in [2.75, 3.05) is 0 Å². The van der Waals surface area contributed by atoms with Crippen LogP contribution in [0.4, 0.5) is 0 Å². The first-order valence-electron chi connectivity index (χ1n) is 7.84. The van der Waals surface area contributed by atoms with Gasteiger partial charge in [-0.25, -0.2) is 4.79 Å². The number of carbonyl (C=O) groups is 1. The molecule has 124 valence electrons. The lowest BCUT2D eigenvalue weighted by molar-refractivity contribution is 0.0429. The molecule has 0 amide bonds. The third-order valence-electron chi connectivity index (χ3n) is 4.19. The van der Waals surface area contributed by atoms with Crippen LogP contribution in [0.3, 0.4) is 0 Å². The van der Waals surface area contributed by atoms with Gasteiger partial charge in [0.2, 0.25) is 5.82 Å². The van der Waals surface area contributed by atoms with E-state index in [-0.39, 0.29) is 12.6 Å². The minimum absolute atomic E-state index is 0.0247. The van der Waals surface area contributed by atoms with E-state index in [0.717, 1.165) is 17.0 Å². The lowest BCUT2D eigenvalue weighted by Gasteiger charge is -2.07. The van der Waals surface area contributed by atoms with Crippen LogP contribution >= 0.6 is 11.3 Å². The molecule has 24 heavy (non-hydrogen) atoms. The zero-order valence-corrected chi connectivity index (χ0v) is 14.3. The Bertz CT molecular complexity index is 875. The third kappa shape index (κ3) is 2.75. The molecule has 0 unspecified atom stereocenters. The van der Waals surface area contributed by atoms with Crippen molar-refractivity contribution in [3.63, 3.8) is 0 Å². The number of rotatable bonds is 5. The number of carbonyl (C=O) groups excluding carboxylic acids is 1. The SMILES string of the molecule is Cc1cc(C(=O)OCc2nc(-c3ccsc3)no2)c(C)n1C1CC1. The molecule has 0 aromatic carbocycles. The minimum Gasteiger partial charge on any atom is -0.452 e. The van der Waals surface area contributed by atoms with Gasteiger partial charge >= 0.3 is 5.97 Å². The molecule has 4 rings (SSSR count). The number of hydrogen-bond donors (Lipinski definition) is 0. The summed E-state index contributed by atoms with van der Waals surface area (Å²) in [6, 6.07) is 4.34. The van der Waals surface area contributed by atoms with E-state index in [9.17, 15) is 4.79 Å². The summed E-state index contributed by atoms with van der Waals surface area (Å²) >= 11 is 1.56. The number of thiophene rings is 1. The van der Waals surface area contributed by atoms with Crippen LogP contribution in [-0.2, 0) is 11.3 Å². The third-order valence-corrected chi connectivity index (χ3v) is 4.87. The van der Waals surface area contributed by atoms with Gasteiger partial charge in [-0.15, -0.1) is 0 Å². The number of ether oxygens (including phenoxy) is 1. The van der Waals surface area contributed by atoms with Crippen LogP contribution in [0.1, 0.15) is 46.5 Å². The first kappa shape index (κ1) is 15.1. The molecule has 0 radical (unpaired) electrons. The molecule has 1 fully saturated rings. The van der Waals surface area contributed by atoms with Crippen LogP contribution in [0.15, 0.2) is 27.4 Å². The van der Waals surface area contributed by atoms with Crippen LogP contribution < -0.4 is 0 Å². The van der Waals surface area contributed by atoms with Crippen molar-refractivity contribution in [2.45, 2.75) is 39.3 Å². The summed E-state index contributed by atoms with van der Waals surface area (Å²) in [7, 11) is 0. The molecule has 7 heteroatoms. The molecular formula is C17H17N3O3S. The molecule has 6 nitrogen and oxygen atoms in total. The van der Waals surface area contributed by atoms with Crippen LogP contribution in [0.25, 0.3) is 11.4 Å². The second kappa shape index (κ2) is 5.90. The quantitative estimate of drug-likeness (QED) is 0.657. The summed E-state index contributed by atoms with van der Waals surface area (Å²) in [5.41, 5.74) is 3.57. The van der Waals surface area contributed by atoms with Gasteiger partial charge in [-0.3, -0.25) is 0 Å². The Morgan fingerprint density at radius 1 is 1.46 bits per heavy atom. The molecule has 0 spiro atoms. The highest BCUT2D eigenvalue weighted by atomic mass is 32.1. The van der Waals surface area contributed by atoms with Crippen molar-refractivity contribution in [1.82, 2.24) is 14.7 Å². The maximum Gasteiger partial charge on any atom is 0.340 e. The van der Waals surface area contributed by atoms with Gasteiger partial charge in [0.1, 0.15) is 0 Å². The largest absolute Gasteiger partial charge is 0.452 e. The van der Waals surface area contributed by atoms with Gasteiger partial charge in [0.05, 0.1) is 5.56 Å². The van der Waals surface area contributed by atoms with Crippen LogP contribution in [0.5, 0.6) is 0 Å². The van der Waals surface area contributed by atoms with Crippen molar-refractivity contribution in [2.24, 2.45) is 0 Å². The average Bonchev–Trinajstić information content (AvgIpc) is 3.01. The van der Waals surface area contributed by atoms with Gasteiger partial charge in [-0.1, -0.05) is 5.16 Å². The maximum absolute atomic E-state index is 12.4. The van der Waals surface area contributed by atoms with E-state index in [0.29, 0.717) is 23.3 Å². The second-order valence-electron chi connectivity index (χ2n) is 5.99. The first-order valence-corrected chi connectivity index (χ1v) is 8.78. The van der Waals surface area contributed by atoms with Gasteiger partial charge in [-0.05, 0) is 44.2 Å². The number of esters is 1. The molecule has 3 aromatic heterocycles. The van der Waals surface area contributed by atoms with Crippen molar-refractivity contribution < 1.29 is 14.1 Å². The van der Waals surface area contributed by atoms with Crippen molar-refractivity contribution in [3.05, 3.63) is 45.7 Å². The first-order chi connectivity index (χ1) is 11.6. The molecule has 0 saturated heterocycles. The summed E-state index contributed by atoms with van der Waals surface area (Å²) in [5.74, 6) is 0.444. The fourth-order valence-electron chi connectivity index (χ4n) is 2.91. The number of hydrogen-bond acceptors (Lipinski definition) is 6. The highest BCUT2D eigenvalue weighted by Crippen LogP contribution is 2.38. The average molecular weight is 343 g/mol. The molecule has 0 aliphatic heterocycles. The van der Waals surface area contributed by atoms with E-state index < -0.39 is 0 Å². The molecule has 0 bridgehead atoms. The van der Waals surface area contributed by atoms with E-state index in [4.69, 9.17) is 9.26 Å². The smallest absolute Gasteiger partial charge is 0.340 e. The molecule has 0 atom stereocenters. The predicted octanol–water partition coefficient (Wildman–Crippen LogP) is 3.91. The monoisotopic (exact) mass is 343 g/mol. The molecule has 1 aliphatic carbocycles. The number of aryl methyl sites for hydroxylation is 1. The Hall–Kier alpha value is -2.41. The number of aromatic nitrogens is 3. The van der Waals surface area contributed by atoms with Gasteiger partial charge < -0.3 is 13.8 Å². The van der Waals surface area contributed by atoms with E-state index in [1.54, 1.807) is 11.3 Å². The highest BCUT2D eigenvalue weighted by Gasteiger charge is 2.28. The summed E-state index contributed by atoms with van der Waals surface area (Å²) in [4.78, 5) is 16.6. The summed E-state index contributed by atoms with van der Waals surface area (Å²) in [6.45, 7) is 3.96. The molecule has 3 heterocycles. The summed E-state index contributed by atoms with van der Waals surface area (Å²) < 4.78 is 12.7. The van der Waals surface area contributed by atoms with Gasteiger partial charge in [0.15, 0.2) is 6.61 Å². The summed E-state index contributed by atoms with van der Waals surface area (Å²) in [5, 5.41) is 7.79. The Morgan fingerprint density at radius 2 is 2.29 bits per heavy atom. The van der Waals surface area contributed by atoms with Crippen LogP contribution in [0.2, 0.25) is 0 Å². The fraction of sp³-hybridized carbons (Fsp3) is 0.353. The van der Waals surface area contributed by atoms with E-state index in [2.05, 4.69) is 14.7 Å².